The Morgan fingerprint density at radius 1 is 1.08 bits per heavy atom. The predicted octanol–water partition coefficient (Wildman–Crippen LogP) is 5.98. The van der Waals surface area contributed by atoms with Gasteiger partial charge in [0.2, 0.25) is 0 Å². The summed E-state index contributed by atoms with van der Waals surface area (Å²) < 4.78 is 24.5. The number of hydrogen-bond acceptors (Lipinski definition) is 7. The molecule has 39 heavy (non-hydrogen) atoms. The van der Waals surface area contributed by atoms with Crippen molar-refractivity contribution in [3.63, 3.8) is 0 Å². The molecule has 2 aromatic carbocycles. The van der Waals surface area contributed by atoms with Crippen LogP contribution in [0.15, 0.2) is 70.2 Å². The third kappa shape index (κ3) is 6.80. The second kappa shape index (κ2) is 12.7. The summed E-state index contributed by atoms with van der Waals surface area (Å²) in [5.74, 6) is 1.38. The van der Waals surface area contributed by atoms with E-state index in [0.29, 0.717) is 29.4 Å². The molecule has 1 N–H and O–H groups in total. The molecular formula is C29H27ClN4O5. The monoisotopic (exact) mass is 546 g/mol. The van der Waals surface area contributed by atoms with Crippen LogP contribution in [0.4, 0.5) is 0 Å². The molecule has 2 aromatic heterocycles. The maximum Gasteiger partial charge on any atom is 0.307 e. The fraction of sp³-hybridized carbons (Fsp3) is 0.207. The summed E-state index contributed by atoms with van der Waals surface area (Å²) in [4.78, 5) is 12.5. The van der Waals surface area contributed by atoms with Crippen molar-refractivity contribution in [1.29, 1.82) is 5.26 Å². The van der Waals surface area contributed by atoms with Gasteiger partial charge in [-0.1, -0.05) is 11.6 Å². The van der Waals surface area contributed by atoms with E-state index in [1.165, 1.54) is 6.21 Å². The van der Waals surface area contributed by atoms with E-state index in [1.807, 2.05) is 37.3 Å². The zero-order valence-corrected chi connectivity index (χ0v) is 22.5. The van der Waals surface area contributed by atoms with Crippen LogP contribution in [0.3, 0.4) is 0 Å². The smallest absolute Gasteiger partial charge is 0.307 e. The van der Waals surface area contributed by atoms with Crippen molar-refractivity contribution in [2.24, 2.45) is 5.10 Å². The van der Waals surface area contributed by atoms with Crippen molar-refractivity contribution in [3.05, 3.63) is 94.2 Å². The topological polar surface area (TPSA) is 111 Å². The van der Waals surface area contributed by atoms with Gasteiger partial charge in [-0.3, -0.25) is 4.79 Å². The van der Waals surface area contributed by atoms with E-state index in [1.54, 1.807) is 24.3 Å². The maximum atomic E-state index is 12.5. The van der Waals surface area contributed by atoms with Gasteiger partial charge in [0.15, 0.2) is 23.9 Å². The lowest BCUT2D eigenvalue weighted by Gasteiger charge is -2.12. The van der Waals surface area contributed by atoms with E-state index in [4.69, 9.17) is 35.5 Å². The molecule has 1 amide bonds. The van der Waals surface area contributed by atoms with Gasteiger partial charge in [-0.05, 0) is 87.0 Å². The Kier molecular flexibility index (Phi) is 8.92. The molecule has 0 fully saturated rings. The molecule has 0 aliphatic heterocycles. The van der Waals surface area contributed by atoms with Crippen LogP contribution in [0, 0.1) is 25.2 Å². The van der Waals surface area contributed by atoms with Gasteiger partial charge in [-0.15, -0.1) is 0 Å². The zero-order valence-electron chi connectivity index (χ0n) is 21.7. The number of carbonyl (C=O) groups is 1. The minimum Gasteiger partial charge on any atom is -0.490 e. The van der Waals surface area contributed by atoms with E-state index in [2.05, 4.69) is 41.1 Å². The Morgan fingerprint density at radius 3 is 2.51 bits per heavy atom. The molecule has 0 radical (unpaired) electrons. The van der Waals surface area contributed by atoms with Crippen LogP contribution < -0.4 is 19.6 Å². The number of hydrogen-bond donors (Lipinski definition) is 1. The van der Waals surface area contributed by atoms with Crippen LogP contribution in [-0.4, -0.2) is 29.9 Å². The van der Waals surface area contributed by atoms with Crippen molar-refractivity contribution >= 4 is 23.7 Å². The molecule has 2 heterocycles. The summed E-state index contributed by atoms with van der Waals surface area (Å²) in [7, 11) is 0. The molecule has 0 spiro atoms. The van der Waals surface area contributed by atoms with E-state index >= 15 is 0 Å². The lowest BCUT2D eigenvalue weighted by Crippen LogP contribution is -2.16. The highest BCUT2D eigenvalue weighted by Crippen LogP contribution is 2.36. The molecule has 0 unspecified atom stereocenters. The summed E-state index contributed by atoms with van der Waals surface area (Å²) in [6, 6.07) is 20.3. The van der Waals surface area contributed by atoms with Crippen molar-refractivity contribution in [2.45, 2.75) is 27.4 Å². The molecular weight excluding hydrogens is 520 g/mol. The fourth-order valence-electron chi connectivity index (χ4n) is 3.89. The number of rotatable bonds is 11. The van der Waals surface area contributed by atoms with Gasteiger partial charge in [0, 0.05) is 17.1 Å². The number of ether oxygens (including phenoxy) is 3. The molecule has 0 atom stereocenters. The molecule has 10 heteroatoms. The Bertz CT molecular complexity index is 1500. The van der Waals surface area contributed by atoms with E-state index in [9.17, 15) is 4.79 Å². The highest BCUT2D eigenvalue weighted by molar-refractivity contribution is 6.32. The number of hydrazone groups is 1. The molecule has 200 valence electrons. The first-order chi connectivity index (χ1) is 18.9. The molecule has 0 aliphatic rings. The number of furan rings is 1. The standard InChI is InChI=1S/C29H27ClN4O5/c1-4-36-27-16-21(15-25(30)28(27)37-14-13-31)17-32-33-29(35)26-12-11-24(39-26)18-38-23-9-7-22(8-10-23)34-19(2)5-6-20(34)3/h5-12,15-17H,4,14,18H2,1-3H3,(H,33,35)/b32-17+. The summed E-state index contributed by atoms with van der Waals surface area (Å²) in [5, 5.41) is 13.0. The lowest BCUT2D eigenvalue weighted by molar-refractivity contribution is 0.0923. The molecule has 0 bridgehead atoms. The zero-order chi connectivity index (χ0) is 27.8. The molecule has 0 saturated heterocycles. The van der Waals surface area contributed by atoms with E-state index in [0.717, 1.165) is 17.1 Å². The quantitative estimate of drug-likeness (QED) is 0.183. The highest BCUT2D eigenvalue weighted by Gasteiger charge is 2.14. The summed E-state index contributed by atoms with van der Waals surface area (Å²) in [5.41, 5.74) is 6.35. The summed E-state index contributed by atoms with van der Waals surface area (Å²) in [6.07, 6.45) is 1.41. The van der Waals surface area contributed by atoms with Gasteiger partial charge in [0.05, 0.1) is 17.8 Å². The first-order valence-electron chi connectivity index (χ1n) is 12.2. The number of aryl methyl sites for hydroxylation is 2. The molecule has 9 nitrogen and oxygen atoms in total. The number of aromatic nitrogens is 1. The van der Waals surface area contributed by atoms with E-state index < -0.39 is 5.91 Å². The number of nitrogens with zero attached hydrogens (tertiary/aromatic N) is 3. The molecule has 4 aromatic rings. The van der Waals surface area contributed by atoms with Crippen LogP contribution in [0.1, 0.15) is 40.2 Å². The van der Waals surface area contributed by atoms with Gasteiger partial charge in [-0.25, -0.2) is 5.43 Å². The minimum absolute atomic E-state index is 0.0907. The number of halogens is 1. The lowest BCUT2D eigenvalue weighted by atomic mass is 10.2. The van der Waals surface area contributed by atoms with Crippen LogP contribution in [0.5, 0.6) is 17.2 Å². The normalized spacial score (nSPS) is 10.8. The Labute approximate surface area is 231 Å². The van der Waals surface area contributed by atoms with Crippen molar-refractivity contribution < 1.29 is 23.4 Å². The first-order valence-corrected chi connectivity index (χ1v) is 12.5. The van der Waals surface area contributed by atoms with Gasteiger partial charge >= 0.3 is 5.91 Å². The SMILES string of the molecule is CCOc1cc(/C=N/NC(=O)c2ccc(COc3ccc(-n4c(C)ccc4C)cc3)o2)cc(Cl)c1OCC#N. The van der Waals surface area contributed by atoms with Crippen LogP contribution in [-0.2, 0) is 6.61 Å². The number of benzene rings is 2. The first kappa shape index (κ1) is 27.4. The molecule has 0 saturated carbocycles. The maximum absolute atomic E-state index is 12.5. The highest BCUT2D eigenvalue weighted by atomic mass is 35.5. The number of nitriles is 1. The molecule has 0 aliphatic carbocycles. The number of carbonyl (C=O) groups excluding carboxylic acids is 1. The second-order valence-corrected chi connectivity index (χ2v) is 8.82. The summed E-state index contributed by atoms with van der Waals surface area (Å²) in [6.45, 7) is 6.31. The van der Waals surface area contributed by atoms with Gasteiger partial charge in [-0.2, -0.15) is 10.4 Å². The van der Waals surface area contributed by atoms with Crippen LogP contribution >= 0.6 is 11.6 Å². The molecule has 4 rings (SSSR count). The Hall–Kier alpha value is -4.68. The Morgan fingerprint density at radius 2 is 1.82 bits per heavy atom. The second-order valence-electron chi connectivity index (χ2n) is 8.41. The third-order valence-corrected chi connectivity index (χ3v) is 5.91. The number of amides is 1. The predicted molar refractivity (Wildman–Crippen MR) is 147 cm³/mol. The van der Waals surface area contributed by atoms with Crippen molar-refractivity contribution in [3.8, 4) is 29.0 Å². The van der Waals surface area contributed by atoms with Crippen LogP contribution in [0.25, 0.3) is 5.69 Å². The number of nitrogens with one attached hydrogen (secondary N) is 1. The van der Waals surface area contributed by atoms with Gasteiger partial charge < -0.3 is 23.2 Å². The average molecular weight is 547 g/mol. The fourth-order valence-corrected chi connectivity index (χ4v) is 4.16. The van der Waals surface area contributed by atoms with Gasteiger partial charge in [0.25, 0.3) is 0 Å². The Balaban J connectivity index is 1.33. The minimum atomic E-state index is -0.524. The van der Waals surface area contributed by atoms with Crippen molar-refractivity contribution in [2.75, 3.05) is 13.2 Å². The average Bonchev–Trinajstić information content (AvgIpc) is 3.53. The van der Waals surface area contributed by atoms with Crippen LogP contribution in [0.2, 0.25) is 5.02 Å². The summed E-state index contributed by atoms with van der Waals surface area (Å²) >= 11 is 6.27. The largest absolute Gasteiger partial charge is 0.490 e. The van der Waals surface area contributed by atoms with Gasteiger partial charge in [0.1, 0.15) is 24.2 Å². The third-order valence-electron chi connectivity index (χ3n) is 5.63. The van der Waals surface area contributed by atoms with Crippen molar-refractivity contribution in [1.82, 2.24) is 9.99 Å². The van der Waals surface area contributed by atoms with E-state index in [-0.39, 0.29) is 29.7 Å².